The van der Waals surface area contributed by atoms with Crippen molar-refractivity contribution in [2.45, 2.75) is 43.9 Å². The number of aliphatic hydroxyl groups is 2. The van der Waals surface area contributed by atoms with Crippen molar-refractivity contribution >= 4 is 5.97 Å². The van der Waals surface area contributed by atoms with Gasteiger partial charge in [0, 0.05) is 0 Å². The fraction of sp³-hybridized carbons (Fsp3) is 0.875. The number of ether oxygens (including phenoxy) is 2. The van der Waals surface area contributed by atoms with E-state index < -0.39 is 11.9 Å². The van der Waals surface area contributed by atoms with Gasteiger partial charge in [0.2, 0.25) is 0 Å². The molecule has 1 heterocycles. The Bertz CT molecular complexity index is 225. The van der Waals surface area contributed by atoms with E-state index in [1.54, 1.807) is 0 Å². The highest BCUT2D eigenvalue weighted by Gasteiger charge is 2.49. The van der Waals surface area contributed by atoms with Gasteiger partial charge in [0.15, 0.2) is 0 Å². The van der Waals surface area contributed by atoms with Crippen LogP contribution in [0.1, 0.15) is 25.7 Å². The molecule has 0 unspecified atom stereocenters. The molecule has 5 nitrogen and oxygen atoms in total. The molecule has 2 aliphatic rings. The molecule has 2 N–H and O–H groups in total. The highest BCUT2D eigenvalue weighted by atomic mass is 16.8. The van der Waals surface area contributed by atoms with Gasteiger partial charge in [-0.1, -0.05) is 6.42 Å². The van der Waals surface area contributed by atoms with E-state index >= 15 is 0 Å². The Hall–Kier alpha value is -0.650. The smallest absolute Gasteiger partial charge is 0.398 e. The van der Waals surface area contributed by atoms with E-state index in [0.29, 0.717) is 6.42 Å². The molecular formula is C8H12O5. The van der Waals surface area contributed by atoms with Crippen LogP contribution in [0.4, 0.5) is 0 Å². The Morgan fingerprint density at radius 2 is 1.85 bits per heavy atom. The lowest BCUT2D eigenvalue weighted by Gasteiger charge is -2.39. The lowest BCUT2D eigenvalue weighted by molar-refractivity contribution is -0.374. The summed E-state index contributed by atoms with van der Waals surface area (Å²) in [5.74, 6) is -3.84. The van der Waals surface area contributed by atoms with Crippen molar-refractivity contribution in [3.05, 3.63) is 0 Å². The lowest BCUT2D eigenvalue weighted by atomic mass is 9.94. The number of fused-ring (bicyclic) bond motifs is 1. The van der Waals surface area contributed by atoms with Crippen LogP contribution in [0.2, 0.25) is 0 Å². The summed E-state index contributed by atoms with van der Waals surface area (Å²) in [6, 6.07) is 0. The second-order valence-corrected chi connectivity index (χ2v) is 3.49. The number of hydrogen-bond acceptors (Lipinski definition) is 5. The van der Waals surface area contributed by atoms with Crippen LogP contribution < -0.4 is 0 Å². The minimum absolute atomic E-state index is 0.298. The van der Waals surface area contributed by atoms with E-state index in [2.05, 4.69) is 0 Å². The molecular weight excluding hydrogens is 176 g/mol. The van der Waals surface area contributed by atoms with E-state index in [4.69, 9.17) is 19.7 Å². The third kappa shape index (κ3) is 1.54. The Morgan fingerprint density at radius 3 is 2.54 bits per heavy atom. The van der Waals surface area contributed by atoms with Crippen LogP contribution in [0.25, 0.3) is 0 Å². The topological polar surface area (TPSA) is 76.0 Å². The first-order valence-electron chi connectivity index (χ1n) is 4.43. The quantitative estimate of drug-likeness (QED) is 0.396. The zero-order chi connectivity index (χ0) is 9.47. The summed E-state index contributed by atoms with van der Waals surface area (Å²) in [5.41, 5.74) is 0. The van der Waals surface area contributed by atoms with Gasteiger partial charge < -0.3 is 19.7 Å². The van der Waals surface area contributed by atoms with Gasteiger partial charge in [-0.15, -0.1) is 0 Å². The van der Waals surface area contributed by atoms with Crippen molar-refractivity contribution in [3.8, 4) is 0 Å². The van der Waals surface area contributed by atoms with Crippen molar-refractivity contribution in [1.29, 1.82) is 0 Å². The maximum Gasteiger partial charge on any atom is 0.398 e. The van der Waals surface area contributed by atoms with Gasteiger partial charge in [0.05, 0.1) is 0 Å². The molecule has 2 fully saturated rings. The number of carbonyl (C=O) groups excluding carboxylic acids is 1. The first-order valence-corrected chi connectivity index (χ1v) is 4.43. The fourth-order valence-corrected chi connectivity index (χ4v) is 1.81. The van der Waals surface area contributed by atoms with E-state index in [0.717, 1.165) is 19.3 Å². The minimum Gasteiger partial charge on any atom is -0.454 e. The fourth-order valence-electron chi connectivity index (χ4n) is 1.81. The summed E-state index contributed by atoms with van der Waals surface area (Å²) in [5, 5.41) is 18.1. The van der Waals surface area contributed by atoms with Crippen LogP contribution in [-0.4, -0.2) is 34.4 Å². The highest BCUT2D eigenvalue weighted by Crippen LogP contribution is 2.31. The summed E-state index contributed by atoms with van der Waals surface area (Å²) < 4.78 is 9.67. The van der Waals surface area contributed by atoms with Crippen molar-refractivity contribution in [2.24, 2.45) is 0 Å². The molecule has 0 bridgehead atoms. The molecule has 74 valence electrons. The van der Waals surface area contributed by atoms with E-state index in [9.17, 15) is 4.79 Å². The molecule has 1 saturated heterocycles. The van der Waals surface area contributed by atoms with Crippen molar-refractivity contribution in [1.82, 2.24) is 0 Å². The summed E-state index contributed by atoms with van der Waals surface area (Å²) in [4.78, 5) is 10.9. The molecule has 0 spiro atoms. The van der Waals surface area contributed by atoms with Crippen LogP contribution in [0.15, 0.2) is 0 Å². The SMILES string of the molecule is O=C1O[C@@H]2CCCC[C@H]2OC1(O)O. The Balaban J connectivity index is 2.10. The summed E-state index contributed by atoms with van der Waals surface area (Å²) in [6.45, 7) is 0. The van der Waals surface area contributed by atoms with Gasteiger partial charge in [-0.2, -0.15) is 0 Å². The van der Waals surface area contributed by atoms with E-state index in [1.807, 2.05) is 0 Å². The number of carbonyl (C=O) groups is 1. The Labute approximate surface area is 75.3 Å². The van der Waals surface area contributed by atoms with E-state index in [1.165, 1.54) is 0 Å². The summed E-state index contributed by atoms with van der Waals surface area (Å²) in [7, 11) is 0. The van der Waals surface area contributed by atoms with Gasteiger partial charge in [0.1, 0.15) is 12.2 Å². The predicted octanol–water partition coefficient (Wildman–Crippen LogP) is -0.491. The first kappa shape index (κ1) is 8.93. The van der Waals surface area contributed by atoms with Crippen LogP contribution in [0.3, 0.4) is 0 Å². The van der Waals surface area contributed by atoms with Gasteiger partial charge in [-0.3, -0.25) is 0 Å². The Morgan fingerprint density at radius 1 is 1.23 bits per heavy atom. The second kappa shape index (κ2) is 2.94. The van der Waals surface area contributed by atoms with Crippen LogP contribution in [-0.2, 0) is 14.3 Å². The van der Waals surface area contributed by atoms with Gasteiger partial charge >= 0.3 is 11.9 Å². The number of rotatable bonds is 0. The molecule has 0 aromatic carbocycles. The molecule has 0 aromatic rings. The van der Waals surface area contributed by atoms with Crippen LogP contribution >= 0.6 is 0 Å². The van der Waals surface area contributed by atoms with Gasteiger partial charge in [-0.05, 0) is 19.3 Å². The second-order valence-electron chi connectivity index (χ2n) is 3.49. The standard InChI is InChI=1S/C8H12O5/c9-7-8(10,11)13-6-4-2-1-3-5(6)12-7/h5-6,10-11H,1-4H2/t5-,6-/m1/s1. The molecule has 1 aliphatic heterocycles. The summed E-state index contributed by atoms with van der Waals surface area (Å²) >= 11 is 0. The molecule has 5 heteroatoms. The number of hydrogen-bond donors (Lipinski definition) is 2. The average molecular weight is 188 g/mol. The highest BCUT2D eigenvalue weighted by molar-refractivity contribution is 5.76. The molecule has 0 aromatic heterocycles. The van der Waals surface area contributed by atoms with Crippen molar-refractivity contribution in [3.63, 3.8) is 0 Å². The molecule has 2 rings (SSSR count). The maximum atomic E-state index is 10.9. The largest absolute Gasteiger partial charge is 0.454 e. The van der Waals surface area contributed by atoms with E-state index in [-0.39, 0.29) is 12.2 Å². The predicted molar refractivity (Wildman–Crippen MR) is 40.4 cm³/mol. The van der Waals surface area contributed by atoms with Crippen molar-refractivity contribution in [2.75, 3.05) is 0 Å². The van der Waals surface area contributed by atoms with Gasteiger partial charge in [-0.25, -0.2) is 4.79 Å². The molecule has 1 saturated carbocycles. The lowest BCUT2D eigenvalue weighted by Crippen LogP contribution is -2.56. The average Bonchev–Trinajstić information content (AvgIpc) is 2.06. The van der Waals surface area contributed by atoms with Crippen molar-refractivity contribution < 1.29 is 24.5 Å². The normalized spacial score (nSPS) is 37.8. The first-order chi connectivity index (χ1) is 6.09. The zero-order valence-corrected chi connectivity index (χ0v) is 7.10. The Kier molecular flexibility index (Phi) is 2.02. The molecule has 0 radical (unpaired) electrons. The minimum atomic E-state index is -2.74. The monoisotopic (exact) mass is 188 g/mol. The molecule has 0 amide bonds. The third-order valence-electron chi connectivity index (χ3n) is 2.48. The number of esters is 1. The van der Waals surface area contributed by atoms with Crippen LogP contribution in [0, 0.1) is 0 Å². The van der Waals surface area contributed by atoms with Gasteiger partial charge in [0.25, 0.3) is 0 Å². The maximum absolute atomic E-state index is 10.9. The summed E-state index contributed by atoms with van der Waals surface area (Å²) in [6.07, 6.45) is 2.75. The molecule has 1 aliphatic carbocycles. The third-order valence-corrected chi connectivity index (χ3v) is 2.48. The zero-order valence-electron chi connectivity index (χ0n) is 7.10. The van der Waals surface area contributed by atoms with Crippen LogP contribution in [0.5, 0.6) is 0 Å². The molecule has 13 heavy (non-hydrogen) atoms. The molecule has 2 atom stereocenters.